The lowest BCUT2D eigenvalue weighted by Crippen LogP contribution is -2.27. The Hall–Kier alpha value is -2.15. The molecule has 0 fully saturated rings. The molecular weight excluding hydrogens is 262 g/mol. The van der Waals surface area contributed by atoms with Crippen molar-refractivity contribution in [3.05, 3.63) is 33.9 Å². The summed E-state index contributed by atoms with van der Waals surface area (Å²) in [5.41, 5.74) is 0.0359. The summed E-state index contributed by atoms with van der Waals surface area (Å²) < 4.78 is 4.89. The maximum absolute atomic E-state index is 11.9. The molecule has 0 heterocycles. The highest BCUT2D eigenvalue weighted by Crippen LogP contribution is 2.27. The molecule has 0 bridgehead atoms. The molecule has 0 saturated carbocycles. The van der Waals surface area contributed by atoms with Crippen molar-refractivity contribution >= 4 is 11.6 Å². The van der Waals surface area contributed by atoms with Crippen LogP contribution < -0.4 is 15.4 Å². The van der Waals surface area contributed by atoms with E-state index in [2.05, 4.69) is 10.6 Å². The average molecular weight is 281 g/mol. The molecule has 0 aliphatic heterocycles. The van der Waals surface area contributed by atoms with Crippen LogP contribution in [0, 0.1) is 10.1 Å². The fourth-order valence-electron chi connectivity index (χ4n) is 1.67. The van der Waals surface area contributed by atoms with Crippen molar-refractivity contribution in [3.63, 3.8) is 0 Å². The van der Waals surface area contributed by atoms with E-state index in [0.717, 1.165) is 19.5 Å². The Balaban J connectivity index is 2.64. The number of hydrogen-bond acceptors (Lipinski definition) is 5. The van der Waals surface area contributed by atoms with E-state index in [4.69, 9.17) is 4.74 Å². The number of nitrogens with zero attached hydrogens (tertiary/aromatic N) is 1. The zero-order chi connectivity index (χ0) is 15.0. The van der Waals surface area contributed by atoms with Gasteiger partial charge in [-0.3, -0.25) is 14.9 Å². The molecule has 1 rings (SSSR count). The minimum absolute atomic E-state index is 0.138. The zero-order valence-corrected chi connectivity index (χ0v) is 11.6. The number of benzene rings is 1. The third-order valence-corrected chi connectivity index (χ3v) is 2.70. The molecule has 0 spiro atoms. The van der Waals surface area contributed by atoms with Gasteiger partial charge < -0.3 is 15.4 Å². The van der Waals surface area contributed by atoms with Gasteiger partial charge >= 0.3 is 5.69 Å². The second-order valence-corrected chi connectivity index (χ2v) is 4.11. The molecule has 1 aromatic carbocycles. The molecule has 0 aliphatic carbocycles. The highest BCUT2D eigenvalue weighted by atomic mass is 16.6. The topological polar surface area (TPSA) is 93.5 Å². The SMILES string of the molecule is CCNCCCNC(=O)c1ccc(OC)c([N+](=O)[O-])c1. The number of carbonyl (C=O) groups is 1. The van der Waals surface area contributed by atoms with Crippen molar-refractivity contribution in [2.45, 2.75) is 13.3 Å². The molecule has 7 heteroatoms. The van der Waals surface area contributed by atoms with Crippen molar-refractivity contribution in [1.29, 1.82) is 0 Å². The highest BCUT2D eigenvalue weighted by Gasteiger charge is 2.17. The number of amides is 1. The van der Waals surface area contributed by atoms with Crippen LogP contribution in [0.4, 0.5) is 5.69 Å². The summed E-state index contributed by atoms with van der Waals surface area (Å²) in [5.74, 6) is -0.189. The van der Waals surface area contributed by atoms with Crippen molar-refractivity contribution < 1.29 is 14.5 Å². The van der Waals surface area contributed by atoms with Crippen molar-refractivity contribution in [2.75, 3.05) is 26.7 Å². The molecule has 0 aliphatic rings. The van der Waals surface area contributed by atoms with Crippen LogP contribution in [0.1, 0.15) is 23.7 Å². The predicted molar refractivity (Wildman–Crippen MR) is 75.1 cm³/mol. The first-order valence-electron chi connectivity index (χ1n) is 6.41. The van der Waals surface area contributed by atoms with Crippen molar-refractivity contribution in [2.24, 2.45) is 0 Å². The van der Waals surface area contributed by atoms with E-state index in [1.807, 2.05) is 6.92 Å². The first-order valence-corrected chi connectivity index (χ1v) is 6.41. The van der Waals surface area contributed by atoms with Crippen LogP contribution >= 0.6 is 0 Å². The molecule has 1 amide bonds. The van der Waals surface area contributed by atoms with E-state index in [1.165, 1.54) is 25.3 Å². The van der Waals surface area contributed by atoms with E-state index in [0.29, 0.717) is 6.54 Å². The van der Waals surface area contributed by atoms with Crippen LogP contribution in [0.5, 0.6) is 5.75 Å². The number of methoxy groups -OCH3 is 1. The second kappa shape index (κ2) is 8.11. The molecule has 0 atom stereocenters. The van der Waals surface area contributed by atoms with Crippen LogP contribution in [0.2, 0.25) is 0 Å². The normalized spacial score (nSPS) is 10.1. The Morgan fingerprint density at radius 1 is 1.40 bits per heavy atom. The first-order chi connectivity index (χ1) is 9.60. The van der Waals surface area contributed by atoms with Gasteiger partial charge in [-0.1, -0.05) is 6.92 Å². The van der Waals surface area contributed by atoms with E-state index >= 15 is 0 Å². The minimum Gasteiger partial charge on any atom is -0.490 e. The molecule has 0 aromatic heterocycles. The van der Waals surface area contributed by atoms with Gasteiger partial charge in [0.05, 0.1) is 12.0 Å². The maximum atomic E-state index is 11.9. The Morgan fingerprint density at radius 2 is 2.15 bits per heavy atom. The average Bonchev–Trinajstić information content (AvgIpc) is 2.46. The van der Waals surface area contributed by atoms with Crippen LogP contribution in [0.25, 0.3) is 0 Å². The Kier molecular flexibility index (Phi) is 6.45. The van der Waals surface area contributed by atoms with Gasteiger partial charge in [0.25, 0.3) is 5.91 Å². The highest BCUT2D eigenvalue weighted by molar-refractivity contribution is 5.95. The monoisotopic (exact) mass is 281 g/mol. The molecule has 0 unspecified atom stereocenters. The van der Waals surface area contributed by atoms with Crippen LogP contribution in [-0.2, 0) is 0 Å². The summed E-state index contributed by atoms with van der Waals surface area (Å²) >= 11 is 0. The van der Waals surface area contributed by atoms with E-state index in [-0.39, 0.29) is 22.9 Å². The van der Waals surface area contributed by atoms with Crippen molar-refractivity contribution in [3.8, 4) is 5.75 Å². The maximum Gasteiger partial charge on any atom is 0.311 e. The number of nitro benzene ring substituents is 1. The minimum atomic E-state index is -0.569. The third kappa shape index (κ3) is 4.51. The summed E-state index contributed by atoms with van der Waals surface area (Å²) in [6, 6.07) is 4.15. The number of nitrogens with one attached hydrogen (secondary N) is 2. The predicted octanol–water partition coefficient (Wildman–Crippen LogP) is 1.33. The number of ether oxygens (including phenoxy) is 1. The van der Waals surface area contributed by atoms with Gasteiger partial charge in [0.1, 0.15) is 0 Å². The Bertz CT molecular complexity index is 477. The molecule has 2 N–H and O–H groups in total. The summed E-state index contributed by atoms with van der Waals surface area (Å²) in [5, 5.41) is 16.7. The molecule has 7 nitrogen and oxygen atoms in total. The van der Waals surface area contributed by atoms with Gasteiger partial charge in [-0.25, -0.2) is 0 Å². The molecule has 20 heavy (non-hydrogen) atoms. The summed E-state index contributed by atoms with van der Waals surface area (Å²) in [4.78, 5) is 22.2. The number of rotatable bonds is 8. The smallest absolute Gasteiger partial charge is 0.311 e. The lowest BCUT2D eigenvalue weighted by atomic mass is 10.1. The largest absolute Gasteiger partial charge is 0.490 e. The van der Waals surface area contributed by atoms with Gasteiger partial charge in [-0.05, 0) is 31.6 Å². The molecule has 1 aromatic rings. The number of carbonyl (C=O) groups excluding carboxylic acids is 1. The van der Waals surface area contributed by atoms with Gasteiger partial charge in [0, 0.05) is 18.2 Å². The third-order valence-electron chi connectivity index (χ3n) is 2.70. The van der Waals surface area contributed by atoms with E-state index in [1.54, 1.807) is 0 Å². The van der Waals surface area contributed by atoms with Gasteiger partial charge in [0.15, 0.2) is 5.75 Å². The van der Waals surface area contributed by atoms with Crippen molar-refractivity contribution in [1.82, 2.24) is 10.6 Å². The molecule has 0 radical (unpaired) electrons. The second-order valence-electron chi connectivity index (χ2n) is 4.11. The molecule has 0 saturated heterocycles. The van der Waals surface area contributed by atoms with E-state index in [9.17, 15) is 14.9 Å². The quantitative estimate of drug-likeness (QED) is 0.426. The van der Waals surface area contributed by atoms with E-state index < -0.39 is 4.92 Å². The Labute approximate surface area is 117 Å². The zero-order valence-electron chi connectivity index (χ0n) is 11.6. The lowest BCUT2D eigenvalue weighted by Gasteiger charge is -2.07. The summed E-state index contributed by atoms with van der Waals surface area (Å²) in [7, 11) is 1.35. The molecule has 110 valence electrons. The lowest BCUT2D eigenvalue weighted by molar-refractivity contribution is -0.385. The van der Waals surface area contributed by atoms with Gasteiger partial charge in [-0.15, -0.1) is 0 Å². The van der Waals surface area contributed by atoms with Crippen LogP contribution in [0.3, 0.4) is 0 Å². The molecular formula is C13H19N3O4. The number of hydrogen-bond donors (Lipinski definition) is 2. The first kappa shape index (κ1) is 15.9. The Morgan fingerprint density at radius 3 is 2.75 bits per heavy atom. The summed E-state index contributed by atoms with van der Waals surface area (Å²) in [6.45, 7) is 4.24. The fraction of sp³-hybridized carbons (Fsp3) is 0.462. The number of nitro groups is 1. The van der Waals surface area contributed by atoms with Gasteiger partial charge in [-0.2, -0.15) is 0 Å². The van der Waals surface area contributed by atoms with Crippen LogP contribution in [0.15, 0.2) is 18.2 Å². The summed E-state index contributed by atoms with van der Waals surface area (Å²) in [6.07, 6.45) is 0.803. The fourth-order valence-corrected chi connectivity index (χ4v) is 1.67. The standard InChI is InChI=1S/C13H19N3O4/c1-3-14-7-4-8-15-13(17)10-5-6-12(20-2)11(9-10)16(18)19/h5-6,9,14H,3-4,7-8H2,1-2H3,(H,15,17). The van der Waals surface area contributed by atoms with Crippen LogP contribution in [-0.4, -0.2) is 37.6 Å². The van der Waals surface area contributed by atoms with Gasteiger partial charge in [0.2, 0.25) is 0 Å².